The average Bonchev–Trinajstić information content (AvgIpc) is 2.81. The van der Waals surface area contributed by atoms with Gasteiger partial charge in [-0.1, -0.05) is 35.9 Å². The Morgan fingerprint density at radius 1 is 1.19 bits per heavy atom. The van der Waals surface area contributed by atoms with Gasteiger partial charge >= 0.3 is 6.01 Å². The first-order valence-corrected chi connectivity index (χ1v) is 10.4. The summed E-state index contributed by atoms with van der Waals surface area (Å²) in [6, 6.07) is 14.3. The Labute approximate surface area is 181 Å². The number of hydrogen-bond acceptors (Lipinski definition) is 8. The summed E-state index contributed by atoms with van der Waals surface area (Å²) < 4.78 is 11.6. The molecule has 31 heavy (non-hydrogen) atoms. The molecule has 2 aromatic heterocycles. The van der Waals surface area contributed by atoms with Crippen LogP contribution in [0, 0.1) is 6.92 Å². The highest BCUT2D eigenvalue weighted by atomic mass is 16.5. The van der Waals surface area contributed by atoms with Crippen LogP contribution in [0.3, 0.4) is 0 Å². The van der Waals surface area contributed by atoms with E-state index in [4.69, 9.17) is 9.47 Å². The van der Waals surface area contributed by atoms with Crippen LogP contribution in [0.4, 0.5) is 5.82 Å². The molecule has 0 saturated carbocycles. The predicted molar refractivity (Wildman–Crippen MR) is 116 cm³/mol. The van der Waals surface area contributed by atoms with E-state index in [-0.39, 0.29) is 12.1 Å². The Kier molecular flexibility index (Phi) is 7.25. The average molecular weight is 419 g/mol. The molecule has 1 fully saturated rings. The molecular formula is C23H26N6O2. The lowest BCUT2D eigenvalue weighted by Gasteiger charge is -2.24. The van der Waals surface area contributed by atoms with Gasteiger partial charge < -0.3 is 14.8 Å². The van der Waals surface area contributed by atoms with Gasteiger partial charge in [0.25, 0.3) is 0 Å². The number of aryl methyl sites for hydroxylation is 1. The van der Waals surface area contributed by atoms with Gasteiger partial charge in [0.05, 0.1) is 19.8 Å². The maximum atomic E-state index is 5.87. The number of hydrogen-bond donors (Lipinski definition) is 1. The van der Waals surface area contributed by atoms with Crippen LogP contribution in [-0.4, -0.2) is 41.3 Å². The fourth-order valence-corrected chi connectivity index (χ4v) is 3.30. The third-order valence-electron chi connectivity index (χ3n) is 4.87. The molecule has 0 bridgehead atoms. The molecule has 3 aromatic rings. The first kappa shape index (κ1) is 21.0. The molecule has 1 atom stereocenters. The second-order valence-electron chi connectivity index (χ2n) is 7.30. The molecule has 1 aliphatic heterocycles. The molecule has 1 aliphatic rings. The highest BCUT2D eigenvalue weighted by Gasteiger charge is 2.21. The minimum Gasteiger partial charge on any atom is -0.463 e. The number of pyridine rings is 1. The van der Waals surface area contributed by atoms with E-state index in [0.29, 0.717) is 38.5 Å². The molecule has 160 valence electrons. The van der Waals surface area contributed by atoms with Crippen molar-refractivity contribution in [2.24, 2.45) is 10.2 Å². The number of rotatable bonds is 8. The molecular weight excluding hydrogens is 392 g/mol. The van der Waals surface area contributed by atoms with E-state index >= 15 is 0 Å². The van der Waals surface area contributed by atoms with Crippen molar-refractivity contribution in [1.82, 2.24) is 20.3 Å². The smallest absolute Gasteiger partial charge is 0.318 e. The van der Waals surface area contributed by atoms with Gasteiger partial charge in [0.1, 0.15) is 6.10 Å². The Balaban J connectivity index is 1.47. The van der Waals surface area contributed by atoms with Crippen LogP contribution in [0.1, 0.15) is 28.5 Å². The van der Waals surface area contributed by atoms with E-state index in [0.717, 1.165) is 23.4 Å². The molecule has 8 heteroatoms. The Morgan fingerprint density at radius 2 is 2.16 bits per heavy atom. The number of nitrogens with one attached hydrogen (secondary N) is 1. The molecule has 1 aromatic carbocycles. The first-order valence-electron chi connectivity index (χ1n) is 10.4. The second-order valence-corrected chi connectivity index (χ2v) is 7.30. The SMILES string of the molecule is Cc1cccc(CN=Nc2nc(OCCc3ccccn3)ncc2C2CNCCO2)c1. The standard InChI is InChI=1S/C23H26N6O2/c1-17-5-4-6-18(13-17)14-27-29-22-20(21-16-24-10-12-30-21)15-26-23(28-22)31-11-8-19-7-2-3-9-25-19/h2-7,9,13,15,21,24H,8,10-12,14,16H2,1H3. The largest absolute Gasteiger partial charge is 0.463 e. The minimum atomic E-state index is -0.163. The van der Waals surface area contributed by atoms with Crippen LogP contribution in [0.25, 0.3) is 0 Å². The van der Waals surface area contributed by atoms with Gasteiger partial charge in [-0.3, -0.25) is 4.98 Å². The summed E-state index contributed by atoms with van der Waals surface area (Å²) in [5.41, 5.74) is 4.05. The van der Waals surface area contributed by atoms with Crippen molar-refractivity contribution in [2.45, 2.75) is 26.0 Å². The van der Waals surface area contributed by atoms with Crippen LogP contribution >= 0.6 is 0 Å². The lowest BCUT2D eigenvalue weighted by molar-refractivity contribution is 0.0275. The van der Waals surface area contributed by atoms with Crippen molar-refractivity contribution in [3.05, 3.63) is 77.2 Å². The van der Waals surface area contributed by atoms with E-state index in [9.17, 15) is 0 Å². The van der Waals surface area contributed by atoms with Crippen LogP contribution < -0.4 is 10.1 Å². The number of morpholine rings is 1. The van der Waals surface area contributed by atoms with E-state index < -0.39 is 0 Å². The van der Waals surface area contributed by atoms with Gasteiger partial charge in [0.2, 0.25) is 0 Å². The number of ether oxygens (including phenoxy) is 2. The van der Waals surface area contributed by atoms with Crippen molar-refractivity contribution in [2.75, 3.05) is 26.3 Å². The van der Waals surface area contributed by atoms with Gasteiger partial charge in [0, 0.05) is 43.2 Å². The lowest BCUT2D eigenvalue weighted by atomic mass is 10.1. The summed E-state index contributed by atoms with van der Waals surface area (Å²) in [7, 11) is 0. The predicted octanol–water partition coefficient (Wildman–Crippen LogP) is 3.75. The molecule has 3 heterocycles. The van der Waals surface area contributed by atoms with E-state index in [1.54, 1.807) is 12.4 Å². The maximum absolute atomic E-state index is 5.87. The zero-order chi connectivity index (χ0) is 21.3. The summed E-state index contributed by atoms with van der Waals surface area (Å²) in [5.74, 6) is 0.476. The zero-order valence-corrected chi connectivity index (χ0v) is 17.6. The van der Waals surface area contributed by atoms with Crippen LogP contribution in [0.2, 0.25) is 0 Å². The normalized spacial score (nSPS) is 16.5. The molecule has 8 nitrogen and oxygen atoms in total. The molecule has 1 saturated heterocycles. The van der Waals surface area contributed by atoms with Gasteiger partial charge in [-0.15, -0.1) is 5.11 Å². The molecule has 1 unspecified atom stereocenters. The monoisotopic (exact) mass is 418 g/mol. The lowest BCUT2D eigenvalue weighted by Crippen LogP contribution is -2.33. The van der Waals surface area contributed by atoms with Crippen molar-refractivity contribution in [3.8, 4) is 6.01 Å². The highest BCUT2D eigenvalue weighted by molar-refractivity contribution is 5.39. The number of aromatic nitrogens is 3. The topological polar surface area (TPSA) is 93.9 Å². The summed E-state index contributed by atoms with van der Waals surface area (Å²) in [6.07, 6.45) is 4.00. The third kappa shape index (κ3) is 6.13. The summed E-state index contributed by atoms with van der Waals surface area (Å²) in [4.78, 5) is 13.2. The van der Waals surface area contributed by atoms with Crippen molar-refractivity contribution in [3.63, 3.8) is 0 Å². The van der Waals surface area contributed by atoms with Gasteiger partial charge in [-0.25, -0.2) is 4.98 Å². The quantitative estimate of drug-likeness (QED) is 0.560. The molecule has 4 rings (SSSR count). The van der Waals surface area contributed by atoms with Crippen LogP contribution in [0.5, 0.6) is 6.01 Å². The fraction of sp³-hybridized carbons (Fsp3) is 0.348. The maximum Gasteiger partial charge on any atom is 0.318 e. The van der Waals surface area contributed by atoms with Gasteiger partial charge in [0.15, 0.2) is 5.82 Å². The third-order valence-corrected chi connectivity index (χ3v) is 4.87. The van der Waals surface area contributed by atoms with Crippen molar-refractivity contribution < 1.29 is 9.47 Å². The summed E-state index contributed by atoms with van der Waals surface area (Å²) >= 11 is 0. The Hall–Kier alpha value is -3.23. The molecule has 0 radical (unpaired) electrons. The van der Waals surface area contributed by atoms with Crippen molar-refractivity contribution >= 4 is 5.82 Å². The molecule has 0 amide bonds. The van der Waals surface area contributed by atoms with Crippen LogP contribution in [-0.2, 0) is 17.7 Å². The van der Waals surface area contributed by atoms with Crippen molar-refractivity contribution in [1.29, 1.82) is 0 Å². The number of nitrogens with zero attached hydrogens (tertiary/aromatic N) is 5. The summed E-state index contributed by atoms with van der Waals surface area (Å²) in [6.45, 7) is 5.11. The second kappa shape index (κ2) is 10.7. The number of benzene rings is 1. The van der Waals surface area contributed by atoms with Gasteiger partial charge in [-0.2, -0.15) is 10.1 Å². The van der Waals surface area contributed by atoms with E-state index in [1.165, 1.54) is 5.56 Å². The van der Waals surface area contributed by atoms with Crippen LogP contribution in [0.15, 0.2) is 65.1 Å². The molecule has 0 aliphatic carbocycles. The highest BCUT2D eigenvalue weighted by Crippen LogP contribution is 2.28. The fourth-order valence-electron chi connectivity index (χ4n) is 3.30. The zero-order valence-electron chi connectivity index (χ0n) is 17.6. The molecule has 1 N–H and O–H groups in total. The number of azo groups is 1. The Morgan fingerprint density at radius 3 is 2.97 bits per heavy atom. The molecule has 0 spiro atoms. The first-order chi connectivity index (χ1) is 15.3. The Bertz CT molecular complexity index is 1010. The minimum absolute atomic E-state index is 0.163. The van der Waals surface area contributed by atoms with Gasteiger partial charge in [-0.05, 0) is 24.6 Å². The van der Waals surface area contributed by atoms with E-state index in [2.05, 4.69) is 49.6 Å². The summed E-state index contributed by atoms with van der Waals surface area (Å²) in [5, 5.41) is 12.1. The van der Waals surface area contributed by atoms with E-state index in [1.807, 2.05) is 30.3 Å².